The van der Waals surface area contributed by atoms with Crippen molar-refractivity contribution < 1.29 is 0 Å². The van der Waals surface area contributed by atoms with Crippen LogP contribution in [0.5, 0.6) is 0 Å². The Hall–Kier alpha value is -3.26. The summed E-state index contributed by atoms with van der Waals surface area (Å²) in [5.41, 5.74) is 4.25. The van der Waals surface area contributed by atoms with Crippen molar-refractivity contribution in [2.45, 2.75) is 13.0 Å². The molecule has 0 saturated heterocycles. The van der Waals surface area contributed by atoms with E-state index in [9.17, 15) is 0 Å². The number of para-hydroxylation sites is 1. The number of aliphatic imine (C=N–C) groups is 1. The second-order valence-electron chi connectivity index (χ2n) is 5.77. The van der Waals surface area contributed by atoms with Gasteiger partial charge in [0.1, 0.15) is 0 Å². The average Bonchev–Trinajstić information content (AvgIpc) is 3.08. The van der Waals surface area contributed by atoms with Crippen molar-refractivity contribution in [1.29, 1.82) is 5.26 Å². The van der Waals surface area contributed by atoms with E-state index in [0.29, 0.717) is 12.1 Å². The van der Waals surface area contributed by atoms with E-state index >= 15 is 0 Å². The molecule has 25 heavy (non-hydrogen) atoms. The maximum absolute atomic E-state index is 8.83. The number of hydrogen-bond acceptors (Lipinski definition) is 2. The third-order valence-corrected chi connectivity index (χ3v) is 4.13. The van der Waals surface area contributed by atoms with Gasteiger partial charge in [-0.1, -0.05) is 30.3 Å². The molecule has 3 N–H and O–H groups in total. The van der Waals surface area contributed by atoms with Crippen LogP contribution in [0, 0.1) is 11.3 Å². The van der Waals surface area contributed by atoms with E-state index in [1.165, 1.54) is 16.5 Å². The fraction of sp³-hybridized carbons (Fsp3) is 0.200. The molecular formula is C20H21N5. The Morgan fingerprint density at radius 3 is 2.68 bits per heavy atom. The number of H-pyrrole nitrogens is 1. The van der Waals surface area contributed by atoms with Crippen LogP contribution in [0.2, 0.25) is 0 Å². The zero-order valence-corrected chi connectivity index (χ0v) is 14.2. The summed E-state index contributed by atoms with van der Waals surface area (Å²) in [6, 6.07) is 18.0. The molecule has 0 spiro atoms. The average molecular weight is 331 g/mol. The molecule has 0 aliphatic heterocycles. The summed E-state index contributed by atoms with van der Waals surface area (Å²) in [5, 5.41) is 16.7. The number of rotatable bonds is 5. The predicted octanol–water partition coefficient (Wildman–Crippen LogP) is 2.95. The Morgan fingerprint density at radius 2 is 1.92 bits per heavy atom. The minimum atomic E-state index is 0.665. The third kappa shape index (κ3) is 4.18. The maximum Gasteiger partial charge on any atom is 0.191 e. The molecule has 0 aliphatic carbocycles. The van der Waals surface area contributed by atoms with Crippen LogP contribution in [0.3, 0.4) is 0 Å². The summed E-state index contributed by atoms with van der Waals surface area (Å²) in [6.45, 7) is 1.47. The number of benzene rings is 2. The van der Waals surface area contributed by atoms with E-state index in [1.807, 2.05) is 30.3 Å². The molecule has 1 aromatic heterocycles. The summed E-state index contributed by atoms with van der Waals surface area (Å²) in [6.07, 6.45) is 2.99. The minimum Gasteiger partial charge on any atom is -0.361 e. The molecule has 5 nitrogen and oxygen atoms in total. The Balaban J connectivity index is 1.50. The highest BCUT2D eigenvalue weighted by atomic mass is 15.2. The van der Waals surface area contributed by atoms with Gasteiger partial charge in [-0.3, -0.25) is 4.99 Å². The van der Waals surface area contributed by atoms with E-state index in [0.717, 1.165) is 24.5 Å². The summed E-state index contributed by atoms with van der Waals surface area (Å²) >= 11 is 0. The summed E-state index contributed by atoms with van der Waals surface area (Å²) < 4.78 is 0. The first-order valence-electron chi connectivity index (χ1n) is 8.28. The SMILES string of the molecule is CN=C(NCCc1c[nH]c2ccccc12)NCc1ccc(C#N)cc1. The van der Waals surface area contributed by atoms with Gasteiger partial charge in [-0.2, -0.15) is 5.26 Å². The highest BCUT2D eigenvalue weighted by molar-refractivity contribution is 5.83. The lowest BCUT2D eigenvalue weighted by Crippen LogP contribution is -2.37. The van der Waals surface area contributed by atoms with Crippen LogP contribution in [-0.4, -0.2) is 24.5 Å². The highest BCUT2D eigenvalue weighted by Gasteiger charge is 2.03. The second kappa shape index (κ2) is 8.02. The molecule has 2 aromatic carbocycles. The van der Waals surface area contributed by atoms with Crippen molar-refractivity contribution in [3.63, 3.8) is 0 Å². The number of nitriles is 1. The third-order valence-electron chi connectivity index (χ3n) is 4.13. The normalized spacial score (nSPS) is 11.3. The minimum absolute atomic E-state index is 0.665. The van der Waals surface area contributed by atoms with E-state index in [2.05, 4.69) is 51.1 Å². The van der Waals surface area contributed by atoms with Gasteiger partial charge >= 0.3 is 0 Å². The fourth-order valence-corrected chi connectivity index (χ4v) is 2.76. The van der Waals surface area contributed by atoms with Gasteiger partial charge in [0.15, 0.2) is 5.96 Å². The topological polar surface area (TPSA) is 76.0 Å². The summed E-state index contributed by atoms with van der Waals surface area (Å²) in [5.74, 6) is 0.768. The number of nitrogens with one attached hydrogen (secondary N) is 3. The number of aromatic amines is 1. The van der Waals surface area contributed by atoms with Crippen LogP contribution in [-0.2, 0) is 13.0 Å². The zero-order valence-electron chi connectivity index (χ0n) is 14.2. The molecule has 0 aliphatic rings. The molecule has 0 fully saturated rings. The number of nitrogens with zero attached hydrogens (tertiary/aromatic N) is 2. The molecule has 0 saturated carbocycles. The monoisotopic (exact) mass is 331 g/mol. The van der Waals surface area contributed by atoms with Gasteiger partial charge in [-0.25, -0.2) is 0 Å². The van der Waals surface area contributed by atoms with Gasteiger partial charge in [-0.05, 0) is 35.7 Å². The molecule has 5 heteroatoms. The molecule has 3 rings (SSSR count). The molecule has 1 heterocycles. The van der Waals surface area contributed by atoms with Crippen molar-refractivity contribution in [2.75, 3.05) is 13.6 Å². The van der Waals surface area contributed by atoms with Crippen LogP contribution in [0.15, 0.2) is 59.7 Å². The van der Waals surface area contributed by atoms with E-state index < -0.39 is 0 Å². The van der Waals surface area contributed by atoms with Gasteiger partial charge in [-0.15, -0.1) is 0 Å². The van der Waals surface area contributed by atoms with E-state index in [-0.39, 0.29) is 0 Å². The molecule has 0 radical (unpaired) electrons. The zero-order chi connectivity index (χ0) is 17.5. The lowest BCUT2D eigenvalue weighted by Gasteiger charge is -2.12. The lowest BCUT2D eigenvalue weighted by atomic mass is 10.1. The molecule has 3 aromatic rings. The van der Waals surface area contributed by atoms with Crippen molar-refractivity contribution in [3.8, 4) is 6.07 Å². The lowest BCUT2D eigenvalue weighted by molar-refractivity contribution is 0.796. The van der Waals surface area contributed by atoms with Crippen LogP contribution in [0.4, 0.5) is 0 Å². The van der Waals surface area contributed by atoms with Gasteiger partial charge in [0.2, 0.25) is 0 Å². The highest BCUT2D eigenvalue weighted by Crippen LogP contribution is 2.17. The first-order chi connectivity index (χ1) is 12.3. The second-order valence-corrected chi connectivity index (χ2v) is 5.77. The molecular weight excluding hydrogens is 310 g/mol. The van der Waals surface area contributed by atoms with E-state index in [4.69, 9.17) is 5.26 Å². The molecule has 0 amide bonds. The summed E-state index contributed by atoms with van der Waals surface area (Å²) in [7, 11) is 1.76. The predicted molar refractivity (Wildman–Crippen MR) is 101 cm³/mol. The molecule has 0 bridgehead atoms. The Bertz CT molecular complexity index is 900. The van der Waals surface area contributed by atoms with Crippen LogP contribution < -0.4 is 10.6 Å². The maximum atomic E-state index is 8.83. The number of guanidine groups is 1. The van der Waals surface area contributed by atoms with Crippen molar-refractivity contribution in [3.05, 3.63) is 71.4 Å². The standard InChI is InChI=1S/C20H21N5/c1-22-20(25-13-16-8-6-15(12-21)7-9-16)23-11-10-17-14-24-19-5-3-2-4-18(17)19/h2-9,14,24H,10-11,13H2,1H3,(H2,22,23,25). The van der Waals surface area contributed by atoms with Gasteiger partial charge in [0.05, 0.1) is 11.6 Å². The summed E-state index contributed by atoms with van der Waals surface area (Å²) in [4.78, 5) is 7.55. The molecule has 126 valence electrons. The quantitative estimate of drug-likeness (QED) is 0.497. The Labute approximate surface area is 147 Å². The van der Waals surface area contributed by atoms with Crippen molar-refractivity contribution in [1.82, 2.24) is 15.6 Å². The Morgan fingerprint density at radius 1 is 1.12 bits per heavy atom. The largest absolute Gasteiger partial charge is 0.361 e. The van der Waals surface area contributed by atoms with E-state index in [1.54, 1.807) is 7.05 Å². The number of hydrogen-bond donors (Lipinski definition) is 3. The van der Waals surface area contributed by atoms with Crippen LogP contribution in [0.25, 0.3) is 10.9 Å². The molecule has 0 unspecified atom stereocenters. The fourth-order valence-electron chi connectivity index (χ4n) is 2.76. The molecule has 0 atom stereocenters. The van der Waals surface area contributed by atoms with Crippen LogP contribution in [0.1, 0.15) is 16.7 Å². The number of aromatic nitrogens is 1. The number of fused-ring (bicyclic) bond motifs is 1. The Kier molecular flexibility index (Phi) is 5.32. The van der Waals surface area contributed by atoms with Gasteiger partial charge in [0.25, 0.3) is 0 Å². The van der Waals surface area contributed by atoms with Crippen LogP contribution >= 0.6 is 0 Å². The van der Waals surface area contributed by atoms with Crippen molar-refractivity contribution in [2.24, 2.45) is 4.99 Å². The van der Waals surface area contributed by atoms with Gasteiger partial charge < -0.3 is 15.6 Å². The van der Waals surface area contributed by atoms with Crippen molar-refractivity contribution >= 4 is 16.9 Å². The van der Waals surface area contributed by atoms with Gasteiger partial charge in [0, 0.05) is 37.2 Å². The first-order valence-corrected chi connectivity index (χ1v) is 8.28. The smallest absolute Gasteiger partial charge is 0.191 e. The first kappa shape index (κ1) is 16.6.